The summed E-state index contributed by atoms with van der Waals surface area (Å²) in [6.45, 7) is 0. The van der Waals surface area contributed by atoms with E-state index in [1.54, 1.807) is 0 Å². The fourth-order valence-corrected chi connectivity index (χ4v) is 1.11. The van der Waals surface area contributed by atoms with E-state index in [4.69, 9.17) is 0 Å². The summed E-state index contributed by atoms with van der Waals surface area (Å²) in [4.78, 5) is 10.5. The van der Waals surface area contributed by atoms with Gasteiger partial charge in [0.15, 0.2) is 6.04 Å². The van der Waals surface area contributed by atoms with Crippen molar-refractivity contribution in [1.82, 2.24) is 0 Å². The van der Waals surface area contributed by atoms with E-state index >= 15 is 0 Å². The number of ether oxygens (including phenoxy) is 1. The van der Waals surface area contributed by atoms with Gasteiger partial charge in [0.1, 0.15) is 11.7 Å². The van der Waals surface area contributed by atoms with Crippen molar-refractivity contribution in [3.63, 3.8) is 0 Å². The van der Waals surface area contributed by atoms with Crippen molar-refractivity contribution >= 4 is 5.97 Å². The standard InChI is InChI=1S/C9H8F3NO3/c10-9(11,12)16-6-4-2-1-3-5(6)7(13)8(14)15/h1-4,7H,13H2,(H,14,15)/t7-/m0/s1. The lowest BCUT2D eigenvalue weighted by Gasteiger charge is -2.16. The zero-order valence-corrected chi connectivity index (χ0v) is 7.95. The molecule has 0 amide bonds. The maximum atomic E-state index is 12.0. The molecular formula is C9H8F3NO3. The highest BCUT2D eigenvalue weighted by Gasteiger charge is 2.33. The molecule has 0 aliphatic carbocycles. The number of carbonyl (C=O) groups is 1. The summed E-state index contributed by atoms with van der Waals surface area (Å²) < 4.78 is 39.6. The zero-order chi connectivity index (χ0) is 12.3. The molecule has 0 aliphatic heterocycles. The number of hydrogen-bond acceptors (Lipinski definition) is 3. The number of carboxylic acids is 1. The topological polar surface area (TPSA) is 77.0 Å². The quantitative estimate of drug-likeness (QED) is 0.775. The van der Waals surface area contributed by atoms with Crippen LogP contribution in [0.3, 0.4) is 0 Å². The summed E-state index contributed by atoms with van der Waals surface area (Å²) in [6, 6.07) is 3.48. The van der Waals surface area contributed by atoms with Crippen LogP contribution in [0.5, 0.6) is 5.75 Å². The van der Waals surface area contributed by atoms with E-state index < -0.39 is 24.1 Å². The van der Waals surface area contributed by atoms with Crippen LogP contribution in [0.25, 0.3) is 0 Å². The molecule has 16 heavy (non-hydrogen) atoms. The van der Waals surface area contributed by atoms with Gasteiger partial charge in [-0.1, -0.05) is 12.1 Å². The second-order valence-electron chi connectivity index (χ2n) is 2.96. The third-order valence-corrected chi connectivity index (χ3v) is 1.80. The Morgan fingerprint density at radius 3 is 2.44 bits per heavy atom. The van der Waals surface area contributed by atoms with Gasteiger partial charge >= 0.3 is 6.36 Å². The summed E-state index contributed by atoms with van der Waals surface area (Å²) in [6.07, 6.45) is -4.87. The van der Waals surface area contributed by atoms with Gasteiger partial charge in [-0.25, -0.2) is 0 Å². The van der Waals surface area contributed by atoms with Crippen LogP contribution in [-0.2, 0) is 4.79 Å². The average Bonchev–Trinajstić information content (AvgIpc) is 2.15. The first-order valence-electron chi connectivity index (χ1n) is 4.20. The zero-order valence-electron chi connectivity index (χ0n) is 7.95. The Morgan fingerprint density at radius 1 is 1.38 bits per heavy atom. The van der Waals surface area contributed by atoms with Gasteiger partial charge in [0.05, 0.1) is 5.56 Å². The molecular weight excluding hydrogens is 227 g/mol. The molecule has 0 fully saturated rings. The Bertz CT molecular complexity index is 392. The van der Waals surface area contributed by atoms with Crippen molar-refractivity contribution in [3.05, 3.63) is 29.8 Å². The molecule has 0 aliphatic rings. The smallest absolute Gasteiger partial charge is 0.544 e. The Morgan fingerprint density at radius 2 is 1.94 bits per heavy atom. The van der Waals surface area contributed by atoms with Crippen molar-refractivity contribution in [2.24, 2.45) is 0 Å². The predicted octanol–water partition coefficient (Wildman–Crippen LogP) is -0.382. The number of rotatable bonds is 3. The van der Waals surface area contributed by atoms with Gasteiger partial charge < -0.3 is 20.4 Å². The van der Waals surface area contributed by atoms with E-state index in [-0.39, 0.29) is 5.56 Å². The van der Waals surface area contributed by atoms with Gasteiger partial charge in [0.25, 0.3) is 0 Å². The second-order valence-corrected chi connectivity index (χ2v) is 2.96. The number of quaternary nitrogens is 1. The van der Waals surface area contributed by atoms with Gasteiger partial charge in [-0.3, -0.25) is 0 Å². The van der Waals surface area contributed by atoms with Crippen molar-refractivity contribution in [1.29, 1.82) is 0 Å². The van der Waals surface area contributed by atoms with Gasteiger partial charge in [0.2, 0.25) is 0 Å². The average molecular weight is 235 g/mol. The van der Waals surface area contributed by atoms with Crippen LogP contribution < -0.4 is 15.6 Å². The summed E-state index contributed by atoms with van der Waals surface area (Å²) in [7, 11) is 0. The first-order chi connectivity index (χ1) is 7.31. The maximum absolute atomic E-state index is 12.0. The fourth-order valence-electron chi connectivity index (χ4n) is 1.11. The molecule has 1 aromatic rings. The molecule has 0 bridgehead atoms. The Kier molecular flexibility index (Phi) is 3.38. The molecule has 0 aromatic heterocycles. The van der Waals surface area contributed by atoms with Crippen LogP contribution in [-0.4, -0.2) is 12.3 Å². The highest BCUT2D eigenvalue weighted by Crippen LogP contribution is 2.28. The van der Waals surface area contributed by atoms with Crippen LogP contribution in [0.4, 0.5) is 13.2 Å². The molecule has 1 aromatic carbocycles. The van der Waals surface area contributed by atoms with Gasteiger partial charge in [-0.05, 0) is 12.1 Å². The molecule has 88 valence electrons. The Balaban J connectivity index is 3.05. The number of hydrogen-bond donors (Lipinski definition) is 1. The SMILES string of the molecule is [NH3+][C@H](C(=O)[O-])c1ccccc1OC(F)(F)F. The lowest BCUT2D eigenvalue weighted by molar-refractivity contribution is -0.443. The summed E-state index contributed by atoms with van der Waals surface area (Å²) in [5.74, 6) is -2.16. The van der Waals surface area contributed by atoms with Crippen molar-refractivity contribution in [2.45, 2.75) is 12.4 Å². The number of carbonyl (C=O) groups excluding carboxylic acids is 1. The monoisotopic (exact) mass is 235 g/mol. The highest BCUT2D eigenvalue weighted by molar-refractivity contribution is 5.72. The molecule has 1 rings (SSSR count). The minimum absolute atomic E-state index is 0.181. The van der Waals surface area contributed by atoms with E-state index in [0.29, 0.717) is 0 Å². The molecule has 3 N–H and O–H groups in total. The Labute approximate surface area is 88.4 Å². The number of aliphatic carboxylic acids is 1. The molecule has 4 nitrogen and oxygen atoms in total. The lowest BCUT2D eigenvalue weighted by Crippen LogP contribution is -2.61. The summed E-state index contributed by atoms with van der Waals surface area (Å²) >= 11 is 0. The molecule has 1 atom stereocenters. The second kappa shape index (κ2) is 4.40. The minimum atomic E-state index is -4.87. The lowest BCUT2D eigenvalue weighted by atomic mass is 10.1. The van der Waals surface area contributed by atoms with Crippen LogP contribution >= 0.6 is 0 Å². The van der Waals surface area contributed by atoms with E-state index in [9.17, 15) is 23.1 Å². The van der Waals surface area contributed by atoms with Crippen LogP contribution in [0.15, 0.2) is 24.3 Å². The Hall–Kier alpha value is -1.76. The third-order valence-electron chi connectivity index (χ3n) is 1.80. The minimum Gasteiger partial charge on any atom is -0.544 e. The van der Waals surface area contributed by atoms with Crippen LogP contribution in [0.1, 0.15) is 11.6 Å². The highest BCUT2D eigenvalue weighted by atomic mass is 19.4. The van der Waals surface area contributed by atoms with Crippen LogP contribution in [0.2, 0.25) is 0 Å². The van der Waals surface area contributed by atoms with E-state index in [1.807, 2.05) is 0 Å². The molecule has 0 unspecified atom stereocenters. The fraction of sp³-hybridized carbons (Fsp3) is 0.222. The van der Waals surface area contributed by atoms with Crippen molar-refractivity contribution < 1.29 is 33.5 Å². The normalized spacial score (nSPS) is 13.2. The molecule has 0 radical (unpaired) electrons. The predicted molar refractivity (Wildman–Crippen MR) is 43.8 cm³/mol. The number of halogens is 3. The molecule has 0 saturated heterocycles. The van der Waals surface area contributed by atoms with Gasteiger partial charge in [0, 0.05) is 0 Å². The van der Waals surface area contributed by atoms with Crippen molar-refractivity contribution in [3.8, 4) is 5.75 Å². The first-order valence-corrected chi connectivity index (χ1v) is 4.20. The van der Waals surface area contributed by atoms with Crippen molar-refractivity contribution in [2.75, 3.05) is 0 Å². The number of para-hydroxylation sites is 1. The molecule has 7 heteroatoms. The van der Waals surface area contributed by atoms with E-state index in [2.05, 4.69) is 10.5 Å². The van der Waals surface area contributed by atoms with E-state index in [0.717, 1.165) is 6.07 Å². The van der Waals surface area contributed by atoms with E-state index in [1.165, 1.54) is 18.2 Å². The third kappa shape index (κ3) is 3.13. The van der Waals surface area contributed by atoms with Crippen LogP contribution in [0, 0.1) is 0 Å². The largest absolute Gasteiger partial charge is 0.573 e. The summed E-state index contributed by atoms with van der Waals surface area (Å²) in [5, 5.41) is 10.5. The molecule has 0 spiro atoms. The molecule has 0 heterocycles. The van der Waals surface area contributed by atoms with Gasteiger partial charge in [-0.15, -0.1) is 13.2 Å². The first kappa shape index (κ1) is 12.3. The number of alkyl halides is 3. The van der Waals surface area contributed by atoms with Gasteiger partial charge in [-0.2, -0.15) is 0 Å². The number of benzene rings is 1. The molecule has 0 saturated carbocycles. The maximum Gasteiger partial charge on any atom is 0.573 e. The number of carboxylic acid groups (broad SMARTS) is 1. The summed E-state index contributed by atoms with van der Waals surface area (Å²) in [5.41, 5.74) is 3.01.